The van der Waals surface area contributed by atoms with Crippen LogP contribution < -0.4 is 21.3 Å². The Morgan fingerprint density at radius 3 is 2.95 bits per heavy atom. The minimum absolute atomic E-state index is 0.137. The fourth-order valence-corrected chi connectivity index (χ4v) is 2.27. The van der Waals surface area contributed by atoms with E-state index in [1.54, 1.807) is 6.92 Å². The number of nitrogens with two attached hydrogens (primary N) is 1. The molecule has 6 heteroatoms. The van der Waals surface area contributed by atoms with Gasteiger partial charge in [0.05, 0.1) is 17.9 Å². The second-order valence-electron chi connectivity index (χ2n) is 4.43. The molecular weight excluding hydrogens is 244 g/mol. The predicted octanol–water partition coefficient (Wildman–Crippen LogP) is 0.477. The first-order valence-electron chi connectivity index (χ1n) is 6.31. The first-order chi connectivity index (χ1) is 9.11. The van der Waals surface area contributed by atoms with E-state index in [0.717, 1.165) is 24.2 Å². The van der Waals surface area contributed by atoms with Gasteiger partial charge in [0.15, 0.2) is 0 Å². The zero-order valence-corrected chi connectivity index (χ0v) is 10.9. The van der Waals surface area contributed by atoms with Gasteiger partial charge in [0.1, 0.15) is 0 Å². The van der Waals surface area contributed by atoms with E-state index in [2.05, 4.69) is 10.6 Å². The largest absolute Gasteiger partial charge is 0.397 e. The second-order valence-corrected chi connectivity index (χ2v) is 4.43. The molecule has 1 aromatic rings. The van der Waals surface area contributed by atoms with Crippen LogP contribution in [0.5, 0.6) is 0 Å². The van der Waals surface area contributed by atoms with E-state index in [0.29, 0.717) is 12.2 Å². The highest BCUT2D eigenvalue weighted by atomic mass is 16.2. The van der Waals surface area contributed by atoms with E-state index in [4.69, 9.17) is 5.73 Å². The molecule has 0 radical (unpaired) electrons. The van der Waals surface area contributed by atoms with Gasteiger partial charge in [-0.3, -0.25) is 10.1 Å². The monoisotopic (exact) mass is 262 g/mol. The fraction of sp³-hybridized carbons (Fsp3) is 0.385. The van der Waals surface area contributed by atoms with Gasteiger partial charge >= 0.3 is 6.03 Å². The molecule has 0 fully saturated rings. The standard InChI is InChI=1S/C13H18N4O2/c1-2-15-13(19)16-11(18)8-17-7-6-9-4-3-5-10(14)12(9)17/h3-5H,2,6-8,14H2,1H3,(H2,15,16,18,19). The van der Waals surface area contributed by atoms with E-state index < -0.39 is 6.03 Å². The van der Waals surface area contributed by atoms with Crippen molar-refractivity contribution < 1.29 is 9.59 Å². The molecule has 0 bridgehead atoms. The van der Waals surface area contributed by atoms with Crippen molar-refractivity contribution in [1.29, 1.82) is 0 Å². The summed E-state index contributed by atoms with van der Waals surface area (Å²) in [4.78, 5) is 24.9. The average molecular weight is 262 g/mol. The lowest BCUT2D eigenvalue weighted by atomic mass is 10.1. The Hall–Kier alpha value is -2.24. The molecular formula is C13H18N4O2. The van der Waals surface area contributed by atoms with E-state index >= 15 is 0 Å². The fourth-order valence-electron chi connectivity index (χ4n) is 2.27. The molecule has 0 spiro atoms. The molecule has 0 saturated carbocycles. The maximum Gasteiger partial charge on any atom is 0.321 e. The highest BCUT2D eigenvalue weighted by molar-refractivity contribution is 5.97. The van der Waals surface area contributed by atoms with E-state index in [9.17, 15) is 9.59 Å². The molecule has 1 aromatic carbocycles. The molecule has 1 aliphatic rings. The quantitative estimate of drug-likeness (QED) is 0.691. The lowest BCUT2D eigenvalue weighted by molar-refractivity contribution is -0.118. The number of hydrogen-bond acceptors (Lipinski definition) is 4. The average Bonchev–Trinajstić information content (AvgIpc) is 2.74. The Labute approximate surface area is 112 Å². The number of imide groups is 1. The Balaban J connectivity index is 1.99. The molecule has 2 rings (SSSR count). The van der Waals surface area contributed by atoms with Crippen LogP contribution in [0.25, 0.3) is 0 Å². The van der Waals surface area contributed by atoms with Gasteiger partial charge in [-0.15, -0.1) is 0 Å². The van der Waals surface area contributed by atoms with E-state index in [1.807, 2.05) is 23.1 Å². The number of fused-ring (bicyclic) bond motifs is 1. The first-order valence-corrected chi connectivity index (χ1v) is 6.31. The normalized spacial score (nSPS) is 13.0. The minimum Gasteiger partial charge on any atom is -0.397 e. The molecule has 0 aliphatic carbocycles. The third-order valence-corrected chi connectivity index (χ3v) is 3.04. The molecule has 19 heavy (non-hydrogen) atoms. The van der Waals surface area contributed by atoms with Crippen LogP contribution in [0.2, 0.25) is 0 Å². The maximum atomic E-state index is 11.8. The summed E-state index contributed by atoms with van der Waals surface area (Å²) in [5.74, 6) is -0.331. The Bertz CT molecular complexity index is 501. The number of carbonyl (C=O) groups is 2. The summed E-state index contributed by atoms with van der Waals surface area (Å²) in [7, 11) is 0. The van der Waals surface area contributed by atoms with Gasteiger partial charge in [0.25, 0.3) is 0 Å². The van der Waals surface area contributed by atoms with Gasteiger partial charge in [-0.2, -0.15) is 0 Å². The van der Waals surface area contributed by atoms with Crippen molar-refractivity contribution in [1.82, 2.24) is 10.6 Å². The van der Waals surface area contributed by atoms with Crippen LogP contribution in [0.3, 0.4) is 0 Å². The van der Waals surface area contributed by atoms with Crippen molar-refractivity contribution in [2.24, 2.45) is 0 Å². The molecule has 0 aromatic heterocycles. The van der Waals surface area contributed by atoms with E-state index in [1.165, 1.54) is 0 Å². The molecule has 102 valence electrons. The van der Waals surface area contributed by atoms with Gasteiger partial charge in [-0.05, 0) is 25.0 Å². The highest BCUT2D eigenvalue weighted by Crippen LogP contribution is 2.33. The Kier molecular flexibility index (Phi) is 3.89. The Morgan fingerprint density at radius 1 is 1.42 bits per heavy atom. The maximum absolute atomic E-state index is 11.8. The van der Waals surface area contributed by atoms with Crippen LogP contribution in [-0.4, -0.2) is 31.6 Å². The summed E-state index contributed by atoms with van der Waals surface area (Å²) in [6.45, 7) is 3.16. The number of amides is 3. The number of hydrogen-bond donors (Lipinski definition) is 3. The van der Waals surface area contributed by atoms with Crippen molar-refractivity contribution in [3.05, 3.63) is 23.8 Å². The SMILES string of the molecule is CCNC(=O)NC(=O)CN1CCc2cccc(N)c21. The van der Waals surface area contributed by atoms with Crippen LogP contribution in [-0.2, 0) is 11.2 Å². The lowest BCUT2D eigenvalue weighted by Gasteiger charge is -2.20. The smallest absolute Gasteiger partial charge is 0.321 e. The Morgan fingerprint density at radius 2 is 2.21 bits per heavy atom. The lowest BCUT2D eigenvalue weighted by Crippen LogP contribution is -2.44. The number of rotatable bonds is 3. The number of benzene rings is 1. The summed E-state index contributed by atoms with van der Waals surface area (Å²) >= 11 is 0. The number of nitrogens with zero attached hydrogens (tertiary/aromatic N) is 1. The van der Waals surface area contributed by atoms with Gasteiger partial charge in [0, 0.05) is 13.1 Å². The summed E-state index contributed by atoms with van der Waals surface area (Å²) < 4.78 is 0. The zero-order chi connectivity index (χ0) is 13.8. The van der Waals surface area contributed by atoms with Crippen molar-refractivity contribution in [2.75, 3.05) is 30.3 Å². The molecule has 0 unspecified atom stereocenters. The van der Waals surface area contributed by atoms with Crippen LogP contribution in [0.1, 0.15) is 12.5 Å². The molecule has 1 heterocycles. The summed E-state index contributed by atoms with van der Waals surface area (Å²) in [6, 6.07) is 5.27. The van der Waals surface area contributed by atoms with Gasteiger partial charge in [-0.25, -0.2) is 4.79 Å². The molecule has 1 aliphatic heterocycles. The summed E-state index contributed by atoms with van der Waals surface area (Å²) in [6.07, 6.45) is 0.870. The number of anilines is 2. The minimum atomic E-state index is -0.465. The van der Waals surface area contributed by atoms with Crippen molar-refractivity contribution in [3.63, 3.8) is 0 Å². The van der Waals surface area contributed by atoms with Gasteiger partial charge in [0.2, 0.25) is 5.91 Å². The van der Waals surface area contributed by atoms with Gasteiger partial charge < -0.3 is 16.0 Å². The molecule has 4 N–H and O–H groups in total. The first kappa shape index (κ1) is 13.2. The number of nitrogens with one attached hydrogen (secondary N) is 2. The predicted molar refractivity (Wildman–Crippen MR) is 74.0 cm³/mol. The molecule has 3 amide bonds. The number of para-hydroxylation sites is 1. The van der Waals surface area contributed by atoms with Crippen LogP contribution in [0, 0.1) is 0 Å². The third kappa shape index (κ3) is 2.96. The third-order valence-electron chi connectivity index (χ3n) is 3.04. The summed E-state index contributed by atoms with van der Waals surface area (Å²) in [5, 5.41) is 4.80. The topological polar surface area (TPSA) is 87.5 Å². The van der Waals surface area contributed by atoms with Crippen molar-refractivity contribution >= 4 is 23.3 Å². The van der Waals surface area contributed by atoms with Crippen LogP contribution in [0.15, 0.2) is 18.2 Å². The van der Waals surface area contributed by atoms with Crippen LogP contribution in [0.4, 0.5) is 16.2 Å². The number of urea groups is 1. The zero-order valence-electron chi connectivity index (χ0n) is 10.9. The molecule has 0 saturated heterocycles. The highest BCUT2D eigenvalue weighted by Gasteiger charge is 2.23. The summed E-state index contributed by atoms with van der Waals surface area (Å²) in [5.41, 5.74) is 8.66. The van der Waals surface area contributed by atoms with Crippen molar-refractivity contribution in [3.8, 4) is 0 Å². The van der Waals surface area contributed by atoms with E-state index in [-0.39, 0.29) is 12.5 Å². The molecule has 6 nitrogen and oxygen atoms in total. The van der Waals surface area contributed by atoms with Crippen molar-refractivity contribution in [2.45, 2.75) is 13.3 Å². The van der Waals surface area contributed by atoms with Gasteiger partial charge in [-0.1, -0.05) is 12.1 Å². The van der Waals surface area contributed by atoms with Crippen LogP contribution >= 0.6 is 0 Å². The second kappa shape index (κ2) is 5.60. The number of carbonyl (C=O) groups excluding carboxylic acids is 2. The number of nitrogen functional groups attached to an aromatic ring is 1. The molecule has 0 atom stereocenters.